The first-order valence-corrected chi connectivity index (χ1v) is 7.77. The van der Waals surface area contributed by atoms with Crippen LogP contribution in [0, 0.1) is 0 Å². The lowest BCUT2D eigenvalue weighted by atomic mass is 10.1. The van der Waals surface area contributed by atoms with Crippen molar-refractivity contribution >= 4 is 10.0 Å². The van der Waals surface area contributed by atoms with Crippen molar-refractivity contribution in [2.75, 3.05) is 13.1 Å². The molecule has 0 saturated heterocycles. The minimum absolute atomic E-state index is 0.352. The van der Waals surface area contributed by atoms with E-state index in [0.29, 0.717) is 31.0 Å². The van der Waals surface area contributed by atoms with Crippen molar-refractivity contribution in [1.82, 2.24) is 4.31 Å². The Labute approximate surface area is 110 Å². The number of benzene rings is 1. The van der Waals surface area contributed by atoms with Crippen LogP contribution in [0.2, 0.25) is 0 Å². The summed E-state index contributed by atoms with van der Waals surface area (Å²) in [4.78, 5) is 0.400. The second-order valence-corrected chi connectivity index (χ2v) is 6.00. The number of hydrogen-bond donors (Lipinski definition) is 1. The van der Waals surface area contributed by atoms with Crippen molar-refractivity contribution in [2.45, 2.75) is 38.6 Å². The van der Waals surface area contributed by atoms with Crippen molar-refractivity contribution in [2.24, 2.45) is 5.73 Å². The van der Waals surface area contributed by atoms with Gasteiger partial charge in [0.2, 0.25) is 10.0 Å². The molecular weight excluding hydrogens is 248 g/mol. The Bertz CT molecular complexity index is 494. The Balaban J connectivity index is 3.37. The van der Waals surface area contributed by atoms with Crippen LogP contribution in [0.3, 0.4) is 0 Å². The summed E-state index contributed by atoms with van der Waals surface area (Å²) >= 11 is 0. The summed E-state index contributed by atoms with van der Waals surface area (Å²) in [6.45, 7) is 6.96. The molecule has 0 aliphatic heterocycles. The van der Waals surface area contributed by atoms with Crippen molar-refractivity contribution in [3.63, 3.8) is 0 Å². The molecule has 0 amide bonds. The molecule has 18 heavy (non-hydrogen) atoms. The predicted molar refractivity (Wildman–Crippen MR) is 73.8 cm³/mol. The van der Waals surface area contributed by atoms with Crippen molar-refractivity contribution in [1.29, 1.82) is 0 Å². The molecule has 2 N–H and O–H groups in total. The Morgan fingerprint density at radius 1 is 1.17 bits per heavy atom. The van der Waals surface area contributed by atoms with Crippen LogP contribution in [0.25, 0.3) is 0 Å². The molecular formula is C13H22N2O2S. The summed E-state index contributed by atoms with van der Waals surface area (Å²) in [5.41, 5.74) is 7.28. The average molecular weight is 270 g/mol. The molecule has 102 valence electrons. The van der Waals surface area contributed by atoms with E-state index in [1.807, 2.05) is 32.9 Å². The van der Waals surface area contributed by atoms with E-state index >= 15 is 0 Å². The van der Waals surface area contributed by atoms with Gasteiger partial charge in [0.1, 0.15) is 0 Å². The molecule has 1 aromatic rings. The number of nitrogens with zero attached hydrogens (tertiary/aromatic N) is 1. The van der Waals surface area contributed by atoms with Gasteiger partial charge in [-0.1, -0.05) is 32.9 Å². The van der Waals surface area contributed by atoms with Crippen LogP contribution < -0.4 is 5.73 Å². The third-order valence-electron chi connectivity index (χ3n) is 3.07. The molecule has 0 aliphatic carbocycles. The lowest BCUT2D eigenvalue weighted by Crippen LogP contribution is -2.31. The largest absolute Gasteiger partial charge is 0.326 e. The van der Waals surface area contributed by atoms with Gasteiger partial charge in [0.05, 0.1) is 4.90 Å². The van der Waals surface area contributed by atoms with E-state index < -0.39 is 10.0 Å². The molecule has 4 nitrogen and oxygen atoms in total. The monoisotopic (exact) mass is 270 g/mol. The quantitative estimate of drug-likeness (QED) is 0.856. The first-order valence-electron chi connectivity index (χ1n) is 6.33. The van der Waals surface area contributed by atoms with E-state index in [0.717, 1.165) is 11.1 Å². The van der Waals surface area contributed by atoms with Crippen LogP contribution in [-0.4, -0.2) is 25.8 Å². The molecule has 0 spiro atoms. The average Bonchev–Trinajstić information content (AvgIpc) is 2.39. The van der Waals surface area contributed by atoms with Crippen LogP contribution in [0.4, 0.5) is 0 Å². The third kappa shape index (κ3) is 2.91. The van der Waals surface area contributed by atoms with Gasteiger partial charge in [0.25, 0.3) is 0 Å². The Hall–Kier alpha value is -0.910. The Kier molecular flexibility index (Phi) is 5.31. The smallest absolute Gasteiger partial charge is 0.243 e. The normalized spacial score (nSPS) is 12.1. The SMILES string of the molecule is CCc1ccc(CN)cc1S(=O)(=O)N(CC)CC. The zero-order valence-electron chi connectivity index (χ0n) is 11.3. The summed E-state index contributed by atoms with van der Waals surface area (Å²) in [6, 6.07) is 5.45. The number of rotatable bonds is 6. The first-order chi connectivity index (χ1) is 8.51. The van der Waals surface area contributed by atoms with Crippen LogP contribution in [0.15, 0.2) is 23.1 Å². The molecule has 1 rings (SSSR count). The van der Waals surface area contributed by atoms with Gasteiger partial charge < -0.3 is 5.73 Å². The van der Waals surface area contributed by atoms with E-state index in [-0.39, 0.29) is 0 Å². The number of sulfonamides is 1. The zero-order valence-corrected chi connectivity index (χ0v) is 12.1. The third-order valence-corrected chi connectivity index (χ3v) is 5.20. The van der Waals surface area contributed by atoms with Gasteiger partial charge in [-0.25, -0.2) is 8.42 Å². The predicted octanol–water partition coefficient (Wildman–Crippen LogP) is 1.74. The van der Waals surface area contributed by atoms with Gasteiger partial charge in [0, 0.05) is 19.6 Å². The van der Waals surface area contributed by atoms with Gasteiger partial charge in [-0.3, -0.25) is 0 Å². The summed E-state index contributed by atoms with van der Waals surface area (Å²) in [5, 5.41) is 0. The summed E-state index contributed by atoms with van der Waals surface area (Å²) < 4.78 is 26.5. The topological polar surface area (TPSA) is 63.4 Å². The van der Waals surface area contributed by atoms with Gasteiger partial charge in [-0.05, 0) is 23.6 Å². The van der Waals surface area contributed by atoms with Crippen LogP contribution in [0.5, 0.6) is 0 Å². The second-order valence-electron chi connectivity index (χ2n) is 4.09. The fourth-order valence-electron chi connectivity index (χ4n) is 1.96. The first kappa shape index (κ1) is 15.1. The van der Waals surface area contributed by atoms with Crippen LogP contribution >= 0.6 is 0 Å². The lowest BCUT2D eigenvalue weighted by molar-refractivity contribution is 0.444. The Morgan fingerprint density at radius 2 is 1.78 bits per heavy atom. The highest BCUT2D eigenvalue weighted by molar-refractivity contribution is 7.89. The van der Waals surface area contributed by atoms with Crippen molar-refractivity contribution in [3.05, 3.63) is 29.3 Å². The number of nitrogens with two attached hydrogens (primary N) is 1. The molecule has 0 aliphatic rings. The Morgan fingerprint density at radius 3 is 2.22 bits per heavy atom. The van der Waals surface area contributed by atoms with Crippen molar-refractivity contribution < 1.29 is 8.42 Å². The van der Waals surface area contributed by atoms with E-state index in [1.165, 1.54) is 4.31 Å². The summed E-state index contributed by atoms with van der Waals surface area (Å²) in [5.74, 6) is 0. The molecule has 0 atom stereocenters. The molecule has 0 fully saturated rings. The van der Waals surface area contributed by atoms with Crippen LogP contribution in [0.1, 0.15) is 31.9 Å². The highest BCUT2D eigenvalue weighted by atomic mass is 32.2. The zero-order chi connectivity index (χ0) is 13.8. The molecule has 0 heterocycles. The van der Waals surface area contributed by atoms with E-state index in [1.54, 1.807) is 6.07 Å². The molecule has 0 unspecified atom stereocenters. The van der Waals surface area contributed by atoms with Crippen LogP contribution in [-0.2, 0) is 23.0 Å². The number of hydrogen-bond acceptors (Lipinski definition) is 3. The van der Waals surface area contributed by atoms with E-state index in [9.17, 15) is 8.42 Å². The molecule has 0 radical (unpaired) electrons. The standard InChI is InChI=1S/C13H22N2O2S/c1-4-12-8-7-11(10-14)9-13(12)18(16,17)15(5-2)6-3/h7-9H,4-6,10,14H2,1-3H3. The maximum atomic E-state index is 12.5. The number of aryl methyl sites for hydroxylation is 1. The van der Waals surface area contributed by atoms with E-state index in [4.69, 9.17) is 5.73 Å². The summed E-state index contributed by atoms with van der Waals surface area (Å²) in [6.07, 6.45) is 0.695. The van der Waals surface area contributed by atoms with Gasteiger partial charge in [0.15, 0.2) is 0 Å². The maximum absolute atomic E-state index is 12.5. The highest BCUT2D eigenvalue weighted by Crippen LogP contribution is 2.22. The fourth-order valence-corrected chi connectivity index (χ4v) is 3.76. The molecule has 1 aromatic carbocycles. The van der Waals surface area contributed by atoms with Crippen molar-refractivity contribution in [3.8, 4) is 0 Å². The molecule has 5 heteroatoms. The molecule has 0 bridgehead atoms. The maximum Gasteiger partial charge on any atom is 0.243 e. The fraction of sp³-hybridized carbons (Fsp3) is 0.538. The molecule has 0 aromatic heterocycles. The minimum Gasteiger partial charge on any atom is -0.326 e. The second kappa shape index (κ2) is 6.31. The van der Waals surface area contributed by atoms with Gasteiger partial charge >= 0.3 is 0 Å². The van der Waals surface area contributed by atoms with E-state index in [2.05, 4.69) is 0 Å². The minimum atomic E-state index is -3.40. The molecule has 0 saturated carbocycles. The lowest BCUT2D eigenvalue weighted by Gasteiger charge is -2.20. The summed E-state index contributed by atoms with van der Waals surface area (Å²) in [7, 11) is -3.40. The van der Waals surface area contributed by atoms with Gasteiger partial charge in [-0.2, -0.15) is 4.31 Å². The highest BCUT2D eigenvalue weighted by Gasteiger charge is 2.24. The van der Waals surface area contributed by atoms with Gasteiger partial charge in [-0.15, -0.1) is 0 Å².